The van der Waals surface area contributed by atoms with E-state index in [1.807, 2.05) is 11.8 Å². The van der Waals surface area contributed by atoms with Gasteiger partial charge in [-0.05, 0) is 36.5 Å². The van der Waals surface area contributed by atoms with Crippen molar-refractivity contribution in [1.29, 1.82) is 0 Å². The molecule has 0 amide bonds. The van der Waals surface area contributed by atoms with Gasteiger partial charge in [-0.15, -0.1) is 0 Å². The molecule has 96 valence electrons. The normalized spacial score (nSPS) is 12.9. The van der Waals surface area contributed by atoms with E-state index in [9.17, 15) is 0 Å². The molecule has 0 heterocycles. The molecule has 0 radical (unpaired) electrons. The third-order valence-electron chi connectivity index (χ3n) is 2.67. The predicted molar refractivity (Wildman–Crippen MR) is 79.5 cm³/mol. The summed E-state index contributed by atoms with van der Waals surface area (Å²) in [5.41, 5.74) is 7.53. The predicted octanol–water partition coefficient (Wildman–Crippen LogP) is 3.73. The van der Waals surface area contributed by atoms with Crippen LogP contribution in [0.5, 0.6) is 0 Å². The van der Waals surface area contributed by atoms with Crippen LogP contribution < -0.4 is 5.73 Å². The van der Waals surface area contributed by atoms with E-state index >= 15 is 0 Å². The second-order valence-corrected chi connectivity index (χ2v) is 6.14. The van der Waals surface area contributed by atoms with Crippen molar-refractivity contribution < 1.29 is 0 Å². The summed E-state index contributed by atoms with van der Waals surface area (Å²) in [6.07, 6.45) is 3.50. The maximum atomic E-state index is 6.10. The number of rotatable bonds is 8. The molecule has 1 nitrogen and oxygen atoms in total. The first-order chi connectivity index (χ1) is 8.18. The van der Waals surface area contributed by atoms with Crippen molar-refractivity contribution in [3.8, 4) is 0 Å². The molecule has 1 rings (SSSR count). The minimum absolute atomic E-state index is 0.363. The average Bonchev–Trinajstić information content (AvgIpc) is 2.30. The van der Waals surface area contributed by atoms with E-state index in [-0.39, 0.29) is 0 Å². The summed E-state index contributed by atoms with van der Waals surface area (Å²) >= 11 is 1.99. The molecule has 1 aromatic rings. The molecule has 2 N–H and O–H groups in total. The van der Waals surface area contributed by atoms with Crippen LogP contribution in [0.1, 0.15) is 32.3 Å². The van der Waals surface area contributed by atoms with E-state index in [0.29, 0.717) is 6.04 Å². The van der Waals surface area contributed by atoms with Crippen molar-refractivity contribution in [2.24, 2.45) is 11.7 Å². The van der Waals surface area contributed by atoms with E-state index in [0.717, 1.165) is 24.5 Å². The molecule has 17 heavy (non-hydrogen) atoms. The van der Waals surface area contributed by atoms with Gasteiger partial charge < -0.3 is 5.73 Å². The molecule has 0 aliphatic rings. The van der Waals surface area contributed by atoms with Crippen LogP contribution in [-0.2, 0) is 6.42 Å². The van der Waals surface area contributed by atoms with E-state index in [1.54, 1.807) is 0 Å². The minimum Gasteiger partial charge on any atom is -0.327 e. The van der Waals surface area contributed by atoms with E-state index in [2.05, 4.69) is 44.2 Å². The van der Waals surface area contributed by atoms with Gasteiger partial charge in [0.2, 0.25) is 0 Å². The summed E-state index contributed by atoms with van der Waals surface area (Å²) in [5.74, 6) is 3.11. The molecule has 0 aliphatic carbocycles. The minimum atomic E-state index is 0.363. The van der Waals surface area contributed by atoms with Crippen molar-refractivity contribution in [3.05, 3.63) is 35.9 Å². The number of aryl methyl sites for hydroxylation is 1. The zero-order valence-corrected chi connectivity index (χ0v) is 11.9. The number of nitrogens with two attached hydrogens (primary N) is 1. The molecule has 1 unspecified atom stereocenters. The Kier molecular flexibility index (Phi) is 7.38. The van der Waals surface area contributed by atoms with Crippen LogP contribution in [0.25, 0.3) is 0 Å². The Hall–Kier alpha value is -0.470. The lowest BCUT2D eigenvalue weighted by molar-refractivity contribution is 0.630. The van der Waals surface area contributed by atoms with Crippen molar-refractivity contribution in [3.63, 3.8) is 0 Å². The number of benzene rings is 1. The highest BCUT2D eigenvalue weighted by Gasteiger charge is 2.03. The Balaban J connectivity index is 2.06. The molecule has 0 saturated carbocycles. The van der Waals surface area contributed by atoms with Crippen LogP contribution in [0.15, 0.2) is 30.3 Å². The van der Waals surface area contributed by atoms with Crippen molar-refractivity contribution in [1.82, 2.24) is 0 Å². The lowest BCUT2D eigenvalue weighted by atomic mass is 10.1. The molecule has 1 aromatic carbocycles. The van der Waals surface area contributed by atoms with Crippen LogP contribution in [0.2, 0.25) is 0 Å². The zero-order chi connectivity index (χ0) is 12.5. The molecule has 0 fully saturated rings. The Morgan fingerprint density at radius 1 is 1.12 bits per heavy atom. The van der Waals surface area contributed by atoms with Crippen molar-refractivity contribution in [2.45, 2.75) is 39.2 Å². The van der Waals surface area contributed by atoms with Crippen LogP contribution in [-0.4, -0.2) is 17.5 Å². The summed E-state index contributed by atoms with van der Waals surface area (Å²) in [6, 6.07) is 11.0. The number of thioether (sulfide) groups is 1. The molecule has 0 bridgehead atoms. The SMILES string of the molecule is CC(C)CSCC(N)CCCc1ccccc1. The first-order valence-corrected chi connectivity index (χ1v) is 7.71. The summed E-state index contributed by atoms with van der Waals surface area (Å²) < 4.78 is 0. The Morgan fingerprint density at radius 3 is 2.47 bits per heavy atom. The highest BCUT2D eigenvalue weighted by Crippen LogP contribution is 2.12. The number of hydrogen-bond acceptors (Lipinski definition) is 2. The molecular formula is C15H25NS. The lowest BCUT2D eigenvalue weighted by Crippen LogP contribution is -2.23. The zero-order valence-electron chi connectivity index (χ0n) is 11.1. The summed E-state index contributed by atoms with van der Waals surface area (Å²) in [6.45, 7) is 4.52. The largest absolute Gasteiger partial charge is 0.327 e. The Morgan fingerprint density at radius 2 is 1.82 bits per heavy atom. The first-order valence-electron chi connectivity index (χ1n) is 6.55. The average molecular weight is 251 g/mol. The maximum absolute atomic E-state index is 6.10. The van der Waals surface area contributed by atoms with Gasteiger partial charge in [0.05, 0.1) is 0 Å². The standard InChI is InChI=1S/C15H25NS/c1-13(2)11-17-12-15(16)10-6-9-14-7-4-3-5-8-14/h3-5,7-8,13,15H,6,9-12,16H2,1-2H3. The second-order valence-electron chi connectivity index (χ2n) is 5.07. The molecule has 2 heteroatoms. The molecule has 1 atom stereocenters. The van der Waals surface area contributed by atoms with Gasteiger partial charge in [0.1, 0.15) is 0 Å². The van der Waals surface area contributed by atoms with E-state index in [1.165, 1.54) is 17.7 Å². The molecule has 0 aromatic heterocycles. The second kappa shape index (κ2) is 8.60. The molecule has 0 saturated heterocycles. The third-order valence-corrected chi connectivity index (χ3v) is 4.23. The van der Waals surface area contributed by atoms with Gasteiger partial charge in [-0.2, -0.15) is 11.8 Å². The van der Waals surface area contributed by atoms with E-state index < -0.39 is 0 Å². The third kappa shape index (κ3) is 7.45. The smallest absolute Gasteiger partial charge is 0.0130 e. The van der Waals surface area contributed by atoms with Crippen LogP contribution in [0.3, 0.4) is 0 Å². The first kappa shape index (κ1) is 14.6. The van der Waals surface area contributed by atoms with Gasteiger partial charge in [-0.3, -0.25) is 0 Å². The Bertz CT molecular complexity index is 284. The quantitative estimate of drug-likeness (QED) is 0.762. The molecular weight excluding hydrogens is 226 g/mol. The number of hydrogen-bond donors (Lipinski definition) is 1. The highest BCUT2D eigenvalue weighted by molar-refractivity contribution is 7.99. The fourth-order valence-electron chi connectivity index (χ4n) is 1.75. The molecule has 0 spiro atoms. The topological polar surface area (TPSA) is 26.0 Å². The van der Waals surface area contributed by atoms with Gasteiger partial charge in [-0.25, -0.2) is 0 Å². The molecule has 0 aliphatic heterocycles. The van der Waals surface area contributed by atoms with Crippen LogP contribution in [0.4, 0.5) is 0 Å². The van der Waals surface area contributed by atoms with Crippen LogP contribution in [0, 0.1) is 5.92 Å². The monoisotopic (exact) mass is 251 g/mol. The van der Waals surface area contributed by atoms with Crippen LogP contribution >= 0.6 is 11.8 Å². The Labute approximate surface area is 110 Å². The van der Waals surface area contributed by atoms with Crippen molar-refractivity contribution in [2.75, 3.05) is 11.5 Å². The highest BCUT2D eigenvalue weighted by atomic mass is 32.2. The van der Waals surface area contributed by atoms with Gasteiger partial charge in [0.25, 0.3) is 0 Å². The lowest BCUT2D eigenvalue weighted by Gasteiger charge is -2.12. The van der Waals surface area contributed by atoms with E-state index in [4.69, 9.17) is 5.73 Å². The summed E-state index contributed by atoms with van der Waals surface area (Å²) in [7, 11) is 0. The fourth-order valence-corrected chi connectivity index (χ4v) is 2.83. The van der Waals surface area contributed by atoms with Gasteiger partial charge >= 0.3 is 0 Å². The summed E-state index contributed by atoms with van der Waals surface area (Å²) in [4.78, 5) is 0. The fraction of sp³-hybridized carbons (Fsp3) is 0.600. The van der Waals surface area contributed by atoms with Gasteiger partial charge in [0, 0.05) is 11.8 Å². The van der Waals surface area contributed by atoms with Gasteiger partial charge in [0.15, 0.2) is 0 Å². The maximum Gasteiger partial charge on any atom is 0.0130 e. The summed E-state index contributed by atoms with van der Waals surface area (Å²) in [5, 5.41) is 0. The van der Waals surface area contributed by atoms with Crippen molar-refractivity contribution >= 4 is 11.8 Å². The van der Waals surface area contributed by atoms with Gasteiger partial charge in [-0.1, -0.05) is 44.2 Å².